The summed E-state index contributed by atoms with van der Waals surface area (Å²) in [5, 5.41) is 4.48. The summed E-state index contributed by atoms with van der Waals surface area (Å²) in [4.78, 5) is 39.8. The van der Waals surface area contributed by atoms with E-state index in [9.17, 15) is 31.5 Å². The topological polar surface area (TPSA) is 96.9 Å². The third-order valence-corrected chi connectivity index (χ3v) is 6.28. The molecule has 0 unspecified atom stereocenters. The molecule has 4 rings (SSSR count). The maximum Gasteiger partial charge on any atom is 0.493 e. The molecule has 1 aliphatic rings. The highest BCUT2D eigenvalue weighted by Gasteiger charge is 2.45. The maximum atomic E-state index is 13.4. The predicted molar refractivity (Wildman–Crippen MR) is 134 cm³/mol. The molecule has 1 fully saturated rings. The predicted octanol–water partition coefficient (Wildman–Crippen LogP) is 4.63. The van der Waals surface area contributed by atoms with Gasteiger partial charge in [-0.05, 0) is 49.9 Å². The zero-order valence-electron chi connectivity index (χ0n) is 21.5. The molecule has 40 heavy (non-hydrogen) atoms. The Balaban J connectivity index is 1.43. The number of fused-ring (bicyclic) bond motifs is 1. The minimum atomic E-state index is -5.34. The number of rotatable bonds is 7. The maximum absolute atomic E-state index is 13.4. The van der Waals surface area contributed by atoms with Crippen LogP contribution in [0.25, 0.3) is 10.9 Å². The zero-order chi connectivity index (χ0) is 29.0. The Labute approximate surface area is 225 Å². The molecule has 3 aromatic rings. The number of para-hydroxylation sites is 1. The Morgan fingerprint density at radius 1 is 1.00 bits per heavy atom. The highest BCUT2D eigenvalue weighted by Crippen LogP contribution is 2.29. The molecule has 0 aliphatic heterocycles. The number of hydrogen-bond donors (Lipinski definition) is 1. The first-order valence-electron chi connectivity index (χ1n) is 12.3. The van der Waals surface area contributed by atoms with Gasteiger partial charge in [0, 0.05) is 31.6 Å². The second-order valence-corrected chi connectivity index (χ2v) is 9.39. The number of carbonyl (C=O) groups excluding carboxylic acids is 2. The van der Waals surface area contributed by atoms with Crippen molar-refractivity contribution in [1.82, 2.24) is 15.0 Å². The lowest BCUT2D eigenvalue weighted by Gasteiger charge is -2.35. The van der Waals surface area contributed by atoms with Crippen LogP contribution in [0.15, 0.2) is 42.5 Å². The Morgan fingerprint density at radius 3 is 2.35 bits per heavy atom. The van der Waals surface area contributed by atoms with Crippen LogP contribution in [0.1, 0.15) is 25.7 Å². The standard InChI is InChI=1S/C26H26F5N5O4/c1-35(2)23-18-5-3-4-6-21(18)33-25(34-23)32-15-7-9-16(10-8-15)36(40-24(38)26(29,30)31)22(37)14-39-17-11-12-19(27)20(28)13-17/h3-6,11-13,15-16H,7-10,14H2,1-2H3,(H,32,33,34). The fourth-order valence-corrected chi connectivity index (χ4v) is 4.35. The molecule has 214 valence electrons. The lowest BCUT2D eigenvalue weighted by molar-refractivity contribution is -0.245. The van der Waals surface area contributed by atoms with Crippen molar-refractivity contribution in [3.05, 3.63) is 54.1 Å². The van der Waals surface area contributed by atoms with Crippen molar-refractivity contribution in [1.29, 1.82) is 0 Å². The molecule has 0 spiro atoms. The molecule has 9 nitrogen and oxygen atoms in total. The van der Waals surface area contributed by atoms with Crippen LogP contribution in [-0.4, -0.2) is 65.9 Å². The number of hydroxylamine groups is 2. The average molecular weight is 568 g/mol. The van der Waals surface area contributed by atoms with Gasteiger partial charge in [0.15, 0.2) is 18.2 Å². The molecule has 0 bridgehead atoms. The molecular formula is C26H26F5N5O4. The number of nitrogens with zero attached hydrogens (tertiary/aromatic N) is 4. The highest BCUT2D eigenvalue weighted by molar-refractivity contribution is 5.90. The van der Waals surface area contributed by atoms with Crippen molar-refractivity contribution in [2.45, 2.75) is 43.9 Å². The van der Waals surface area contributed by atoms with Crippen LogP contribution in [0.5, 0.6) is 5.75 Å². The fraction of sp³-hybridized carbons (Fsp3) is 0.385. The van der Waals surface area contributed by atoms with E-state index in [0.29, 0.717) is 35.7 Å². The van der Waals surface area contributed by atoms with Gasteiger partial charge in [0.05, 0.1) is 11.6 Å². The van der Waals surface area contributed by atoms with Crippen molar-refractivity contribution in [3.8, 4) is 5.75 Å². The summed E-state index contributed by atoms with van der Waals surface area (Å²) in [5.41, 5.74) is 0.731. The molecule has 0 radical (unpaired) electrons. The lowest BCUT2D eigenvalue weighted by atomic mass is 9.91. The Bertz CT molecular complexity index is 1380. The van der Waals surface area contributed by atoms with E-state index < -0.39 is 42.3 Å². The largest absolute Gasteiger partial charge is 0.493 e. The van der Waals surface area contributed by atoms with Crippen LogP contribution >= 0.6 is 0 Å². The smallest absolute Gasteiger partial charge is 0.484 e. The number of ether oxygens (including phenoxy) is 1. The molecule has 1 heterocycles. The summed E-state index contributed by atoms with van der Waals surface area (Å²) in [6, 6.07) is 8.96. The van der Waals surface area contributed by atoms with Crippen LogP contribution in [0.4, 0.5) is 33.7 Å². The lowest BCUT2D eigenvalue weighted by Crippen LogP contribution is -2.48. The third kappa shape index (κ3) is 6.85. The Hall–Kier alpha value is -4.23. The van der Waals surface area contributed by atoms with Crippen LogP contribution in [0, 0.1) is 11.6 Å². The highest BCUT2D eigenvalue weighted by atomic mass is 19.4. The number of halogens is 5. The third-order valence-electron chi connectivity index (χ3n) is 6.28. The van der Waals surface area contributed by atoms with E-state index >= 15 is 0 Å². The molecule has 1 aliphatic carbocycles. The van der Waals surface area contributed by atoms with E-state index in [2.05, 4.69) is 20.1 Å². The number of aromatic nitrogens is 2. The molecule has 0 atom stereocenters. The number of carbonyl (C=O) groups is 2. The van der Waals surface area contributed by atoms with Crippen molar-refractivity contribution in [2.24, 2.45) is 0 Å². The number of amides is 1. The van der Waals surface area contributed by atoms with Crippen LogP contribution in [-0.2, 0) is 14.4 Å². The minimum Gasteiger partial charge on any atom is -0.484 e. The van der Waals surface area contributed by atoms with E-state index in [-0.39, 0.29) is 24.6 Å². The van der Waals surface area contributed by atoms with E-state index in [4.69, 9.17) is 4.74 Å². The quantitative estimate of drug-likeness (QED) is 0.326. The SMILES string of the molecule is CN(C)c1nc(NC2CCC(N(OC(=O)C(F)(F)F)C(=O)COc3ccc(F)c(F)c3)CC2)nc2ccccc12. The van der Waals surface area contributed by atoms with Crippen molar-refractivity contribution >= 4 is 34.5 Å². The molecular weight excluding hydrogens is 541 g/mol. The van der Waals surface area contributed by atoms with E-state index in [1.54, 1.807) is 0 Å². The normalized spacial score (nSPS) is 17.3. The summed E-state index contributed by atoms with van der Waals surface area (Å²) >= 11 is 0. The molecule has 2 aromatic carbocycles. The van der Waals surface area contributed by atoms with Gasteiger partial charge >= 0.3 is 12.1 Å². The summed E-state index contributed by atoms with van der Waals surface area (Å²) in [6.07, 6.45) is -4.16. The number of benzene rings is 2. The Morgan fingerprint density at radius 2 is 1.70 bits per heavy atom. The van der Waals surface area contributed by atoms with Gasteiger partial charge in [-0.1, -0.05) is 12.1 Å². The van der Waals surface area contributed by atoms with E-state index in [0.717, 1.165) is 23.0 Å². The molecule has 1 saturated carbocycles. The minimum absolute atomic E-state index is 0.166. The first kappa shape index (κ1) is 28.8. The van der Waals surface area contributed by atoms with Gasteiger partial charge in [-0.25, -0.2) is 18.6 Å². The molecule has 1 aromatic heterocycles. The van der Waals surface area contributed by atoms with Crippen LogP contribution < -0.4 is 15.0 Å². The number of alkyl halides is 3. The first-order chi connectivity index (χ1) is 18.9. The second kappa shape index (κ2) is 11.9. The van der Waals surface area contributed by atoms with Crippen LogP contribution in [0.3, 0.4) is 0 Å². The van der Waals surface area contributed by atoms with Gasteiger partial charge in [-0.15, -0.1) is 0 Å². The van der Waals surface area contributed by atoms with E-state index in [1.165, 1.54) is 0 Å². The van der Waals surface area contributed by atoms with Gasteiger partial charge in [-0.3, -0.25) is 4.79 Å². The fourth-order valence-electron chi connectivity index (χ4n) is 4.35. The molecule has 1 N–H and O–H groups in total. The number of nitrogens with one attached hydrogen (secondary N) is 1. The summed E-state index contributed by atoms with van der Waals surface area (Å²) in [6.45, 7) is -0.868. The van der Waals surface area contributed by atoms with Gasteiger partial charge in [-0.2, -0.15) is 23.2 Å². The molecule has 0 saturated heterocycles. The second-order valence-electron chi connectivity index (χ2n) is 9.39. The van der Waals surface area contributed by atoms with Crippen molar-refractivity contribution in [3.63, 3.8) is 0 Å². The monoisotopic (exact) mass is 567 g/mol. The Kier molecular flexibility index (Phi) is 8.55. The number of hydrogen-bond acceptors (Lipinski definition) is 8. The molecule has 1 amide bonds. The van der Waals surface area contributed by atoms with Crippen molar-refractivity contribution in [2.75, 3.05) is 30.9 Å². The zero-order valence-corrected chi connectivity index (χ0v) is 21.5. The number of anilines is 2. The first-order valence-corrected chi connectivity index (χ1v) is 12.3. The summed E-state index contributed by atoms with van der Waals surface area (Å²) in [5.74, 6) is -5.17. The summed E-state index contributed by atoms with van der Waals surface area (Å²) in [7, 11) is 3.71. The van der Waals surface area contributed by atoms with Crippen LogP contribution in [0.2, 0.25) is 0 Å². The van der Waals surface area contributed by atoms with E-state index in [1.807, 2.05) is 43.3 Å². The average Bonchev–Trinajstić information content (AvgIpc) is 2.91. The molecule has 14 heteroatoms. The van der Waals surface area contributed by atoms with Gasteiger partial charge in [0.2, 0.25) is 5.95 Å². The summed E-state index contributed by atoms with van der Waals surface area (Å²) < 4.78 is 70.5. The van der Waals surface area contributed by atoms with Gasteiger partial charge in [0.1, 0.15) is 11.6 Å². The van der Waals surface area contributed by atoms with Gasteiger partial charge in [0.25, 0.3) is 5.91 Å². The van der Waals surface area contributed by atoms with Crippen molar-refractivity contribution < 1.29 is 41.1 Å². The van der Waals surface area contributed by atoms with Gasteiger partial charge < -0.3 is 19.8 Å².